The molecule has 6 heteroatoms. The lowest BCUT2D eigenvalue weighted by Gasteiger charge is -2.22. The molecular weight excluding hydrogens is 338 g/mol. The first kappa shape index (κ1) is 17.5. The Morgan fingerprint density at radius 1 is 1.15 bits per heavy atom. The van der Waals surface area contributed by atoms with E-state index >= 15 is 0 Å². The second-order valence-corrected chi connectivity index (χ2v) is 6.97. The highest BCUT2D eigenvalue weighted by molar-refractivity contribution is 5.65. The minimum atomic E-state index is -0.108. The van der Waals surface area contributed by atoms with Crippen LogP contribution in [-0.2, 0) is 0 Å². The zero-order valence-electron chi connectivity index (χ0n) is 15.5. The van der Waals surface area contributed by atoms with Crippen LogP contribution in [0.4, 0.5) is 5.82 Å². The van der Waals surface area contributed by atoms with E-state index in [1.54, 1.807) is 6.20 Å². The fourth-order valence-electron chi connectivity index (χ4n) is 3.45. The zero-order valence-corrected chi connectivity index (χ0v) is 15.5. The fraction of sp³-hybridized carbons (Fsp3) is 0.333. The number of nitrogens with zero attached hydrogens (tertiary/aromatic N) is 3. The van der Waals surface area contributed by atoms with E-state index in [1.165, 1.54) is 0 Å². The van der Waals surface area contributed by atoms with Crippen LogP contribution in [0.3, 0.4) is 0 Å². The molecule has 140 valence electrons. The van der Waals surface area contributed by atoms with Gasteiger partial charge < -0.3 is 15.8 Å². The molecule has 3 heterocycles. The molecule has 1 aromatic carbocycles. The molecule has 0 bridgehead atoms. The minimum Gasteiger partial charge on any atom is -0.482 e. The summed E-state index contributed by atoms with van der Waals surface area (Å²) in [7, 11) is 0. The topological polar surface area (TPSA) is 78.0 Å². The number of anilines is 1. The maximum Gasteiger partial charge on any atom is 0.166 e. The predicted octanol–water partition coefficient (Wildman–Crippen LogP) is 3.59. The van der Waals surface area contributed by atoms with E-state index in [1.807, 2.05) is 49.5 Å². The molecule has 0 unspecified atom stereocenters. The van der Waals surface area contributed by atoms with Crippen LogP contribution in [-0.4, -0.2) is 27.9 Å². The third-order valence-electron chi connectivity index (χ3n) is 5.07. The van der Waals surface area contributed by atoms with Gasteiger partial charge in [0.1, 0.15) is 6.10 Å². The van der Waals surface area contributed by atoms with Crippen molar-refractivity contribution in [2.45, 2.75) is 31.9 Å². The standard InChI is InChI=1S/C21H25N5O/c1-15(16-5-3-2-4-6-16)27-20-11-17(12-24-21(20)22)18-13-25-26(14-18)19-7-9-23-10-8-19/h2-6,11-15,19,23H,7-10H2,1H3,(H2,22,24)/t15-/m1/s1. The fourth-order valence-corrected chi connectivity index (χ4v) is 3.45. The van der Waals surface area contributed by atoms with Crippen molar-refractivity contribution in [1.29, 1.82) is 0 Å². The summed E-state index contributed by atoms with van der Waals surface area (Å²) in [6, 6.07) is 12.5. The number of pyridine rings is 1. The highest BCUT2D eigenvalue weighted by Crippen LogP contribution is 2.31. The molecule has 0 spiro atoms. The van der Waals surface area contributed by atoms with Crippen molar-refractivity contribution >= 4 is 5.82 Å². The highest BCUT2D eigenvalue weighted by Gasteiger charge is 2.17. The molecule has 3 aromatic rings. The Bertz CT molecular complexity index is 887. The van der Waals surface area contributed by atoms with Crippen molar-refractivity contribution < 1.29 is 4.74 Å². The summed E-state index contributed by atoms with van der Waals surface area (Å²) >= 11 is 0. The largest absolute Gasteiger partial charge is 0.482 e. The summed E-state index contributed by atoms with van der Waals surface area (Å²) in [5.41, 5.74) is 9.13. The lowest BCUT2D eigenvalue weighted by molar-refractivity contribution is 0.228. The smallest absolute Gasteiger partial charge is 0.166 e. The van der Waals surface area contributed by atoms with Crippen LogP contribution in [0.1, 0.15) is 37.5 Å². The number of piperidine rings is 1. The van der Waals surface area contributed by atoms with Crippen molar-refractivity contribution in [2.24, 2.45) is 0 Å². The number of nitrogens with two attached hydrogens (primary N) is 1. The van der Waals surface area contributed by atoms with E-state index in [0.29, 0.717) is 17.6 Å². The number of hydrogen-bond acceptors (Lipinski definition) is 5. The molecule has 6 nitrogen and oxygen atoms in total. The number of nitrogen functional groups attached to an aromatic ring is 1. The van der Waals surface area contributed by atoms with Crippen LogP contribution in [0.5, 0.6) is 5.75 Å². The van der Waals surface area contributed by atoms with Gasteiger partial charge >= 0.3 is 0 Å². The molecule has 0 radical (unpaired) electrons. The Morgan fingerprint density at radius 3 is 2.70 bits per heavy atom. The summed E-state index contributed by atoms with van der Waals surface area (Å²) in [6.45, 7) is 4.09. The van der Waals surface area contributed by atoms with Gasteiger partial charge in [0, 0.05) is 23.5 Å². The maximum atomic E-state index is 6.09. The van der Waals surface area contributed by atoms with E-state index in [4.69, 9.17) is 10.5 Å². The van der Waals surface area contributed by atoms with Gasteiger partial charge in [-0.15, -0.1) is 0 Å². The first-order chi connectivity index (χ1) is 13.2. The van der Waals surface area contributed by atoms with Gasteiger partial charge in [0.25, 0.3) is 0 Å². The quantitative estimate of drug-likeness (QED) is 0.724. The van der Waals surface area contributed by atoms with Gasteiger partial charge in [-0.3, -0.25) is 4.68 Å². The van der Waals surface area contributed by atoms with E-state index < -0.39 is 0 Å². The molecule has 2 aromatic heterocycles. The molecule has 0 saturated carbocycles. The second-order valence-electron chi connectivity index (χ2n) is 6.97. The van der Waals surface area contributed by atoms with Gasteiger partial charge in [0.05, 0.1) is 12.2 Å². The molecular formula is C21H25N5O. The average molecular weight is 363 g/mol. The Hall–Kier alpha value is -2.86. The van der Waals surface area contributed by atoms with Crippen molar-refractivity contribution in [1.82, 2.24) is 20.1 Å². The van der Waals surface area contributed by atoms with Gasteiger partial charge in [-0.1, -0.05) is 30.3 Å². The lowest BCUT2D eigenvalue weighted by atomic mass is 10.1. The van der Waals surface area contributed by atoms with Crippen LogP contribution in [0, 0.1) is 0 Å². The molecule has 27 heavy (non-hydrogen) atoms. The second kappa shape index (κ2) is 7.80. The predicted molar refractivity (Wildman–Crippen MR) is 106 cm³/mol. The van der Waals surface area contributed by atoms with Gasteiger partial charge in [-0.2, -0.15) is 5.10 Å². The zero-order chi connectivity index (χ0) is 18.6. The molecule has 1 aliphatic heterocycles. The molecule has 4 rings (SSSR count). The third-order valence-corrected chi connectivity index (χ3v) is 5.07. The summed E-state index contributed by atoms with van der Waals surface area (Å²) < 4.78 is 8.16. The number of rotatable bonds is 5. The van der Waals surface area contributed by atoms with Crippen molar-refractivity contribution in [3.05, 3.63) is 60.6 Å². The number of nitrogens with one attached hydrogen (secondary N) is 1. The molecule has 0 amide bonds. The van der Waals surface area contributed by atoms with Gasteiger partial charge in [-0.05, 0) is 44.5 Å². The molecule has 3 N–H and O–H groups in total. The minimum absolute atomic E-state index is 0.108. The SMILES string of the molecule is C[C@@H](Oc1cc(-c2cnn(C3CCNCC3)c2)cnc1N)c1ccccc1. The molecule has 1 saturated heterocycles. The van der Waals surface area contributed by atoms with Crippen LogP contribution in [0.2, 0.25) is 0 Å². The lowest BCUT2D eigenvalue weighted by Crippen LogP contribution is -2.29. The van der Waals surface area contributed by atoms with Crippen LogP contribution in [0.25, 0.3) is 11.1 Å². The number of aromatic nitrogens is 3. The summed E-state index contributed by atoms with van der Waals surface area (Å²) in [6.07, 6.45) is 7.85. The number of benzene rings is 1. The molecule has 1 aliphatic rings. The Morgan fingerprint density at radius 2 is 1.93 bits per heavy atom. The molecule has 1 atom stereocenters. The number of hydrogen-bond donors (Lipinski definition) is 2. The summed E-state index contributed by atoms with van der Waals surface area (Å²) in [5.74, 6) is 0.991. The van der Waals surface area contributed by atoms with Gasteiger partial charge in [0.2, 0.25) is 0 Å². The molecule has 1 fully saturated rings. The first-order valence-electron chi connectivity index (χ1n) is 9.43. The summed E-state index contributed by atoms with van der Waals surface area (Å²) in [5, 5.41) is 7.95. The Labute approximate surface area is 159 Å². The average Bonchev–Trinajstić information content (AvgIpc) is 3.21. The monoisotopic (exact) mass is 363 g/mol. The highest BCUT2D eigenvalue weighted by atomic mass is 16.5. The molecule has 0 aliphatic carbocycles. The van der Waals surface area contributed by atoms with E-state index in [-0.39, 0.29) is 6.10 Å². The van der Waals surface area contributed by atoms with E-state index in [0.717, 1.165) is 42.6 Å². The third kappa shape index (κ3) is 3.95. The van der Waals surface area contributed by atoms with Crippen LogP contribution >= 0.6 is 0 Å². The van der Waals surface area contributed by atoms with Crippen molar-refractivity contribution in [3.8, 4) is 16.9 Å². The first-order valence-corrected chi connectivity index (χ1v) is 9.43. The van der Waals surface area contributed by atoms with Gasteiger partial charge in [0.15, 0.2) is 11.6 Å². The Balaban J connectivity index is 1.54. The van der Waals surface area contributed by atoms with Crippen LogP contribution < -0.4 is 15.8 Å². The Kier molecular flexibility index (Phi) is 5.07. The van der Waals surface area contributed by atoms with E-state index in [2.05, 4.69) is 26.3 Å². The maximum absolute atomic E-state index is 6.09. The normalized spacial score (nSPS) is 16.2. The van der Waals surface area contributed by atoms with Crippen LogP contribution in [0.15, 0.2) is 55.0 Å². The van der Waals surface area contributed by atoms with E-state index in [9.17, 15) is 0 Å². The van der Waals surface area contributed by atoms with Gasteiger partial charge in [-0.25, -0.2) is 4.98 Å². The summed E-state index contributed by atoms with van der Waals surface area (Å²) in [4.78, 5) is 4.33. The van der Waals surface area contributed by atoms with Crippen molar-refractivity contribution in [2.75, 3.05) is 18.8 Å². The number of ether oxygens (including phenoxy) is 1. The van der Waals surface area contributed by atoms with Crippen molar-refractivity contribution in [3.63, 3.8) is 0 Å².